The van der Waals surface area contributed by atoms with Crippen LogP contribution < -0.4 is 4.74 Å². The van der Waals surface area contributed by atoms with Gasteiger partial charge in [-0.05, 0) is 69.7 Å². The van der Waals surface area contributed by atoms with Gasteiger partial charge in [0.25, 0.3) is 5.91 Å². The number of likely N-dealkylation sites (tertiary alicyclic amines) is 1. The van der Waals surface area contributed by atoms with Crippen molar-refractivity contribution in [2.45, 2.75) is 105 Å². The molecule has 1 aromatic carbocycles. The van der Waals surface area contributed by atoms with Gasteiger partial charge in [0.05, 0.1) is 36.5 Å². The number of phosphoric acid groups is 1. The molecule has 2 saturated heterocycles. The Labute approximate surface area is 318 Å². The third kappa shape index (κ3) is 15.5. The van der Waals surface area contributed by atoms with Crippen LogP contribution in [0.15, 0.2) is 24.3 Å². The number of likely N-dealkylation sites (N-methyl/N-ethyl adjacent to an activating group) is 1. The van der Waals surface area contributed by atoms with Gasteiger partial charge in [0.15, 0.2) is 6.29 Å². The fourth-order valence-corrected chi connectivity index (χ4v) is 7.10. The Kier molecular flexibility index (Phi) is 17.1. The van der Waals surface area contributed by atoms with Gasteiger partial charge in [-0.15, -0.1) is 11.3 Å². The first-order valence-electron chi connectivity index (χ1n) is 18.3. The molecule has 0 bridgehead atoms. The highest BCUT2D eigenvalue weighted by molar-refractivity contribution is 7.46. The average molecular weight is 782 g/mol. The lowest BCUT2D eigenvalue weighted by molar-refractivity contribution is -0.239. The number of amides is 2. The van der Waals surface area contributed by atoms with Crippen LogP contribution in [-0.4, -0.2) is 123 Å². The minimum atomic E-state index is -4.51. The van der Waals surface area contributed by atoms with Crippen LogP contribution in [0.4, 0.5) is 0 Å². The highest BCUT2D eigenvalue weighted by Gasteiger charge is 2.40. The second kappa shape index (κ2) is 20.2. The number of aldehydes is 1. The zero-order chi connectivity index (χ0) is 39.5. The van der Waals surface area contributed by atoms with E-state index >= 15 is 0 Å². The third-order valence-electron chi connectivity index (χ3n) is 8.40. The topological polar surface area (TPSA) is 162 Å². The number of phosphoric ester groups is 1. The molecular weight excluding hydrogens is 721 g/mol. The molecule has 16 heteroatoms. The molecule has 4 rings (SSSR count). The highest BCUT2D eigenvalue weighted by atomic mass is 32.1. The van der Waals surface area contributed by atoms with Crippen molar-refractivity contribution in [2.75, 3.05) is 46.4 Å². The van der Waals surface area contributed by atoms with E-state index in [-0.39, 0.29) is 50.6 Å². The van der Waals surface area contributed by atoms with Crippen molar-refractivity contribution in [1.82, 2.24) is 24.7 Å². The number of hydrogen-bond acceptors (Lipinski definition) is 11. The third-order valence-corrected chi connectivity index (χ3v) is 9.92. The number of carbonyl (C=O) groups excluding carboxylic acids is 3. The van der Waals surface area contributed by atoms with E-state index in [2.05, 4.69) is 56.0 Å². The Hall–Kier alpha value is -2.75. The van der Waals surface area contributed by atoms with Crippen LogP contribution in [0, 0.1) is 11.3 Å². The Morgan fingerprint density at radius 3 is 2.38 bits per heavy atom. The molecule has 2 fully saturated rings. The minimum Gasteiger partial charge on any atom is -0.493 e. The molecule has 2 aliphatic heterocycles. The van der Waals surface area contributed by atoms with Crippen LogP contribution in [0.2, 0.25) is 0 Å². The minimum absolute atomic E-state index is 0.0149. The molecule has 2 unspecified atom stereocenters. The van der Waals surface area contributed by atoms with E-state index in [0.29, 0.717) is 34.2 Å². The van der Waals surface area contributed by atoms with E-state index < -0.39 is 26.0 Å². The predicted octanol–water partition coefficient (Wildman–Crippen LogP) is 5.59. The van der Waals surface area contributed by atoms with Gasteiger partial charge < -0.3 is 29.1 Å². The normalized spacial score (nSPS) is 18.8. The molecule has 2 aliphatic rings. The molecule has 14 nitrogen and oxygen atoms in total. The van der Waals surface area contributed by atoms with Gasteiger partial charge in [0.1, 0.15) is 23.0 Å². The quantitative estimate of drug-likeness (QED) is 0.0716. The van der Waals surface area contributed by atoms with E-state index in [0.717, 1.165) is 36.9 Å². The molecule has 3 heterocycles. The number of hydroxylamine groups is 2. The van der Waals surface area contributed by atoms with Crippen molar-refractivity contribution in [3.63, 3.8) is 0 Å². The van der Waals surface area contributed by atoms with Crippen molar-refractivity contribution in [2.24, 2.45) is 11.3 Å². The van der Waals surface area contributed by atoms with Gasteiger partial charge in [0, 0.05) is 43.7 Å². The lowest BCUT2D eigenvalue weighted by Crippen LogP contribution is -2.65. The smallest absolute Gasteiger partial charge is 0.469 e. The molecule has 2 N–H and O–H groups in total. The second-order valence-electron chi connectivity index (χ2n) is 15.9. The number of piperazine rings is 1. The van der Waals surface area contributed by atoms with Crippen molar-refractivity contribution in [3.05, 3.63) is 29.3 Å². The second-order valence-corrected chi connectivity index (χ2v) is 18.2. The summed E-state index contributed by atoms with van der Waals surface area (Å²) in [7, 11) is -2.73. The number of thiazole rings is 1. The summed E-state index contributed by atoms with van der Waals surface area (Å²) < 4.78 is 21.8. The summed E-state index contributed by atoms with van der Waals surface area (Å²) in [5.74, 6) is 0.244. The largest absolute Gasteiger partial charge is 0.493 e. The first-order chi connectivity index (χ1) is 24.7. The zero-order valence-corrected chi connectivity index (χ0v) is 34.5. The summed E-state index contributed by atoms with van der Waals surface area (Å²) in [6, 6.07) is 5.87. The fraction of sp³-hybridized carbons (Fsp3) is 0.676. The Bertz CT molecular complexity index is 1560. The maximum absolute atomic E-state index is 13.8. The molecule has 53 heavy (non-hydrogen) atoms. The van der Waals surface area contributed by atoms with E-state index in [9.17, 15) is 18.9 Å². The van der Waals surface area contributed by atoms with Crippen molar-refractivity contribution >= 4 is 53.6 Å². The van der Waals surface area contributed by atoms with Crippen LogP contribution in [0.3, 0.4) is 0 Å². The van der Waals surface area contributed by atoms with Crippen LogP contribution in [0.25, 0.3) is 16.3 Å². The fourth-order valence-electron chi connectivity index (χ4n) is 5.88. The number of nitrogens with zero attached hydrogens (tertiary/aromatic N) is 5. The van der Waals surface area contributed by atoms with Crippen molar-refractivity contribution in [3.8, 4) is 5.75 Å². The molecule has 0 spiro atoms. The number of rotatable bonds is 16. The van der Waals surface area contributed by atoms with E-state index in [1.165, 1.54) is 22.5 Å². The molecular formula is C37H60N5O9PS. The number of benzene rings is 1. The van der Waals surface area contributed by atoms with Crippen LogP contribution >= 0.6 is 19.2 Å². The molecule has 2 atom stereocenters. The summed E-state index contributed by atoms with van der Waals surface area (Å²) >= 11 is 1.38. The van der Waals surface area contributed by atoms with Crippen LogP contribution in [0.5, 0.6) is 5.75 Å². The van der Waals surface area contributed by atoms with Gasteiger partial charge in [-0.1, -0.05) is 41.5 Å². The lowest BCUT2D eigenvalue weighted by Gasteiger charge is -2.48. The molecule has 0 aliphatic carbocycles. The van der Waals surface area contributed by atoms with Gasteiger partial charge in [-0.25, -0.2) is 9.55 Å². The molecule has 2 amide bonds. The van der Waals surface area contributed by atoms with Gasteiger partial charge in [-0.3, -0.25) is 23.9 Å². The lowest BCUT2D eigenvalue weighted by atomic mass is 10.0. The van der Waals surface area contributed by atoms with Gasteiger partial charge in [-0.2, -0.15) is 5.06 Å². The standard InChI is InChI=1S/C32H48N5O9PS.C5H12/c1-22(2)17-26(21-38)46-37(30-19-36(32(40)20-34(30)5)24-11-13-35(14-12-24)23(3)4)31(39)10-9-29-33-27-18-25(7-8-28(27)48-29)44-15-6-16-45-47(41,42)43;1-5(2,3)4/h7-10,18,21-24,26,30H,6,11-17,19-20H2,1-5H3,(H2,41,42,43);1-4H3/b10-9+;. The number of ether oxygens (including phenoxy) is 1. The maximum atomic E-state index is 13.8. The van der Waals surface area contributed by atoms with E-state index in [1.54, 1.807) is 30.2 Å². The number of piperidine rings is 1. The molecule has 0 radical (unpaired) electrons. The summed E-state index contributed by atoms with van der Waals surface area (Å²) in [6.45, 7) is 19.3. The monoisotopic (exact) mass is 781 g/mol. The number of carbonyl (C=O) groups is 3. The number of hydrogen-bond donors (Lipinski definition) is 2. The average Bonchev–Trinajstić information content (AvgIpc) is 3.46. The summed E-state index contributed by atoms with van der Waals surface area (Å²) in [6.07, 6.45) is 4.70. The number of fused-ring (bicyclic) bond motifs is 1. The van der Waals surface area contributed by atoms with Crippen molar-refractivity contribution in [1.29, 1.82) is 0 Å². The number of aromatic nitrogens is 1. The van der Waals surface area contributed by atoms with Crippen LogP contribution in [0.1, 0.15) is 86.1 Å². The van der Waals surface area contributed by atoms with Gasteiger partial charge >= 0.3 is 7.82 Å². The molecule has 1 aromatic heterocycles. The maximum Gasteiger partial charge on any atom is 0.469 e. The Balaban J connectivity index is 0.00000141. The molecule has 298 valence electrons. The first kappa shape index (κ1) is 44.6. The molecule has 0 saturated carbocycles. The van der Waals surface area contributed by atoms with Gasteiger partial charge in [0.2, 0.25) is 5.91 Å². The van der Waals surface area contributed by atoms with E-state index in [4.69, 9.17) is 19.4 Å². The van der Waals surface area contributed by atoms with Crippen LogP contribution in [-0.2, 0) is 28.3 Å². The summed E-state index contributed by atoms with van der Waals surface area (Å²) in [4.78, 5) is 73.5. The predicted molar refractivity (Wildman–Crippen MR) is 207 cm³/mol. The van der Waals surface area contributed by atoms with E-state index in [1.807, 2.05) is 24.8 Å². The van der Waals surface area contributed by atoms with Crippen molar-refractivity contribution < 1.29 is 42.8 Å². The summed E-state index contributed by atoms with van der Waals surface area (Å²) in [5, 5.41) is 1.82. The highest BCUT2D eigenvalue weighted by Crippen LogP contribution is 2.35. The summed E-state index contributed by atoms with van der Waals surface area (Å²) in [5.41, 5.74) is 1.16. The first-order valence-corrected chi connectivity index (χ1v) is 20.7. The SMILES string of the molecule is CC(C)(C)C.CC(C)CC(C=O)ON(C(=O)/C=C/c1nc2cc(OCCCOP(=O)(O)O)ccc2s1)C1CN(C2CCN(C(C)C)CC2)C(=O)CN1C. The zero-order valence-electron chi connectivity index (χ0n) is 32.8. The molecule has 2 aromatic rings. The Morgan fingerprint density at radius 1 is 1.13 bits per heavy atom. The Morgan fingerprint density at radius 2 is 1.79 bits per heavy atom.